The number of hydrogen-bond donors (Lipinski definition) is 4. The lowest BCUT2D eigenvalue weighted by Crippen LogP contribution is -2.46. The smallest absolute Gasteiger partial charge is 0.167 e. The van der Waals surface area contributed by atoms with Gasteiger partial charge in [0.25, 0.3) is 0 Å². The number of rotatable bonds is 7. The summed E-state index contributed by atoms with van der Waals surface area (Å²) in [5, 5.41) is 14.1. The van der Waals surface area contributed by atoms with Crippen molar-refractivity contribution in [1.29, 1.82) is 0 Å². The van der Waals surface area contributed by atoms with Crippen molar-refractivity contribution >= 4 is 28.0 Å². The number of imidazole rings is 2. The van der Waals surface area contributed by atoms with E-state index in [4.69, 9.17) is 10.5 Å². The first kappa shape index (κ1) is 20.5. The number of anilines is 1. The molecular weight excluding hydrogens is 420 g/mol. The van der Waals surface area contributed by atoms with E-state index in [2.05, 4.69) is 36.3 Å². The van der Waals surface area contributed by atoms with Crippen molar-refractivity contribution in [3.63, 3.8) is 0 Å². The number of nitrogens with one attached hydrogen (secondary N) is 2. The van der Waals surface area contributed by atoms with E-state index in [-0.39, 0.29) is 12.3 Å². The highest BCUT2D eigenvalue weighted by molar-refractivity contribution is 5.81. The van der Waals surface area contributed by atoms with Gasteiger partial charge in [-0.3, -0.25) is 4.57 Å². The summed E-state index contributed by atoms with van der Waals surface area (Å²) < 4.78 is 7.97. The molecule has 0 radical (unpaired) electrons. The Bertz CT molecular complexity index is 1230. The van der Waals surface area contributed by atoms with Crippen LogP contribution >= 0.6 is 0 Å². The lowest BCUT2D eigenvalue weighted by Gasteiger charge is -2.36. The standard InChI is InChI=1S/C23H28N8O2/c24-22-21-23(27-11-26-22)31(12-28-21)20-9-17(32)18(33-20)10-25-14-7-13(8-14)5-6-19-29-15-3-1-2-4-16(15)30-19/h1-4,11-14,17-18,20,25,32H,5-10H2,(H,29,30)(H2,24,26,27). The van der Waals surface area contributed by atoms with Crippen LogP contribution in [0, 0.1) is 5.92 Å². The average Bonchev–Trinajstić information content (AvgIpc) is 3.49. The summed E-state index contributed by atoms with van der Waals surface area (Å²) in [6.07, 6.45) is 6.86. The number of aromatic nitrogens is 6. The predicted molar refractivity (Wildman–Crippen MR) is 123 cm³/mol. The minimum Gasteiger partial charge on any atom is -0.390 e. The Hall–Kier alpha value is -3.08. The molecule has 1 saturated carbocycles. The molecule has 1 aromatic carbocycles. The maximum absolute atomic E-state index is 10.5. The van der Waals surface area contributed by atoms with Crippen molar-refractivity contribution < 1.29 is 9.84 Å². The Balaban J connectivity index is 0.971. The van der Waals surface area contributed by atoms with Gasteiger partial charge in [-0.05, 0) is 37.3 Å². The van der Waals surface area contributed by atoms with Crippen LogP contribution in [0.25, 0.3) is 22.2 Å². The van der Waals surface area contributed by atoms with Gasteiger partial charge in [0.1, 0.15) is 23.9 Å². The van der Waals surface area contributed by atoms with E-state index in [1.165, 1.54) is 6.33 Å². The second-order valence-corrected chi connectivity index (χ2v) is 9.20. The minimum atomic E-state index is -0.539. The zero-order valence-corrected chi connectivity index (χ0v) is 18.3. The first-order chi connectivity index (χ1) is 16.1. The molecule has 0 spiro atoms. The monoisotopic (exact) mass is 448 g/mol. The third-order valence-electron chi connectivity index (χ3n) is 6.97. The summed E-state index contributed by atoms with van der Waals surface area (Å²) in [6.45, 7) is 0.627. The molecule has 172 valence electrons. The van der Waals surface area contributed by atoms with Crippen LogP contribution in [-0.4, -0.2) is 59.4 Å². The highest BCUT2D eigenvalue weighted by Crippen LogP contribution is 2.34. The maximum Gasteiger partial charge on any atom is 0.167 e. The van der Waals surface area contributed by atoms with Crippen molar-refractivity contribution in [3.8, 4) is 0 Å². The second kappa shape index (κ2) is 8.36. The van der Waals surface area contributed by atoms with Gasteiger partial charge in [-0.1, -0.05) is 12.1 Å². The van der Waals surface area contributed by atoms with Crippen molar-refractivity contribution in [2.45, 2.75) is 56.6 Å². The van der Waals surface area contributed by atoms with E-state index in [9.17, 15) is 5.11 Å². The number of aryl methyl sites for hydroxylation is 1. The summed E-state index contributed by atoms with van der Waals surface area (Å²) in [7, 11) is 0. The van der Waals surface area contributed by atoms with Crippen molar-refractivity contribution in [3.05, 3.63) is 42.7 Å². The number of aliphatic hydroxyl groups excluding tert-OH is 1. The molecule has 1 aliphatic heterocycles. The number of aromatic amines is 1. The van der Waals surface area contributed by atoms with Crippen LogP contribution in [0.15, 0.2) is 36.9 Å². The van der Waals surface area contributed by atoms with Gasteiger partial charge in [0, 0.05) is 25.4 Å². The summed E-state index contributed by atoms with van der Waals surface area (Å²) in [5.41, 5.74) is 9.20. The Labute approximate surface area is 190 Å². The number of fused-ring (bicyclic) bond motifs is 2. The van der Waals surface area contributed by atoms with Crippen LogP contribution in [-0.2, 0) is 11.2 Å². The summed E-state index contributed by atoms with van der Waals surface area (Å²) >= 11 is 0. The first-order valence-electron chi connectivity index (χ1n) is 11.6. The second-order valence-electron chi connectivity index (χ2n) is 9.20. The quantitative estimate of drug-likeness (QED) is 0.336. The molecule has 3 unspecified atom stereocenters. The molecule has 4 heterocycles. The molecule has 1 saturated heterocycles. The van der Waals surface area contributed by atoms with Gasteiger partial charge in [0.15, 0.2) is 11.5 Å². The molecule has 5 N–H and O–H groups in total. The van der Waals surface area contributed by atoms with Gasteiger partial charge < -0.3 is 25.9 Å². The Morgan fingerprint density at radius 2 is 2.06 bits per heavy atom. The maximum atomic E-state index is 10.5. The zero-order valence-electron chi connectivity index (χ0n) is 18.3. The van der Waals surface area contributed by atoms with Crippen molar-refractivity contribution in [2.24, 2.45) is 5.92 Å². The van der Waals surface area contributed by atoms with E-state index < -0.39 is 6.10 Å². The van der Waals surface area contributed by atoms with Gasteiger partial charge in [-0.15, -0.1) is 0 Å². The molecule has 2 aliphatic rings. The van der Waals surface area contributed by atoms with Crippen LogP contribution in [0.5, 0.6) is 0 Å². The lowest BCUT2D eigenvalue weighted by atomic mass is 9.77. The fourth-order valence-electron chi connectivity index (χ4n) is 5.04. The number of para-hydroxylation sites is 2. The van der Waals surface area contributed by atoms with Crippen LogP contribution in [0.4, 0.5) is 5.82 Å². The summed E-state index contributed by atoms with van der Waals surface area (Å²) in [5.74, 6) is 2.12. The van der Waals surface area contributed by atoms with Gasteiger partial charge in [0.2, 0.25) is 0 Å². The highest BCUT2D eigenvalue weighted by Gasteiger charge is 2.37. The van der Waals surface area contributed by atoms with Crippen LogP contribution in [0.3, 0.4) is 0 Å². The zero-order chi connectivity index (χ0) is 22.4. The van der Waals surface area contributed by atoms with Crippen LogP contribution in [0.1, 0.15) is 37.7 Å². The number of nitrogen functional groups attached to an aromatic ring is 1. The Morgan fingerprint density at radius 1 is 1.18 bits per heavy atom. The largest absolute Gasteiger partial charge is 0.390 e. The van der Waals surface area contributed by atoms with Crippen LogP contribution in [0.2, 0.25) is 0 Å². The van der Waals surface area contributed by atoms with Gasteiger partial charge in [-0.2, -0.15) is 0 Å². The molecular formula is C23H28N8O2. The molecule has 0 bridgehead atoms. The van der Waals surface area contributed by atoms with Gasteiger partial charge in [0.05, 0.1) is 29.6 Å². The molecule has 3 atom stereocenters. The molecule has 10 nitrogen and oxygen atoms in total. The number of nitrogens with zero attached hydrogens (tertiary/aromatic N) is 5. The number of ether oxygens (including phenoxy) is 1. The normalized spacial score (nSPS) is 27.4. The van der Waals surface area contributed by atoms with Crippen LogP contribution < -0.4 is 11.1 Å². The molecule has 6 rings (SSSR count). The SMILES string of the molecule is Nc1ncnc2c1ncn2C1CC(O)C(CNC2CC(CCc3nc4ccccc4[nH]3)C2)O1. The topological polar surface area (TPSA) is 140 Å². The van der Waals surface area contributed by atoms with E-state index in [0.29, 0.717) is 41.9 Å². The molecule has 33 heavy (non-hydrogen) atoms. The lowest BCUT2D eigenvalue weighted by molar-refractivity contribution is -0.0191. The Morgan fingerprint density at radius 3 is 2.94 bits per heavy atom. The van der Waals surface area contributed by atoms with Gasteiger partial charge in [-0.25, -0.2) is 19.9 Å². The first-order valence-corrected chi connectivity index (χ1v) is 11.6. The Kier molecular flexibility index (Phi) is 5.20. The average molecular weight is 449 g/mol. The van der Waals surface area contributed by atoms with Crippen molar-refractivity contribution in [1.82, 2.24) is 34.8 Å². The third kappa shape index (κ3) is 3.94. The highest BCUT2D eigenvalue weighted by atomic mass is 16.5. The molecule has 3 aromatic heterocycles. The fraction of sp³-hybridized carbons (Fsp3) is 0.478. The van der Waals surface area contributed by atoms with E-state index >= 15 is 0 Å². The molecule has 4 aromatic rings. The number of H-pyrrole nitrogens is 1. The van der Waals surface area contributed by atoms with E-state index in [1.807, 2.05) is 22.8 Å². The summed E-state index contributed by atoms with van der Waals surface area (Å²) in [4.78, 5) is 20.6. The van der Waals surface area contributed by atoms with E-state index in [1.54, 1.807) is 6.33 Å². The van der Waals surface area contributed by atoms with Crippen molar-refractivity contribution in [2.75, 3.05) is 12.3 Å². The molecule has 0 amide bonds. The number of aliphatic hydroxyl groups is 1. The fourth-order valence-corrected chi connectivity index (χ4v) is 5.04. The third-order valence-corrected chi connectivity index (χ3v) is 6.97. The minimum absolute atomic E-state index is 0.263. The van der Waals surface area contributed by atoms with E-state index in [0.717, 1.165) is 42.5 Å². The molecule has 1 aliphatic carbocycles. The van der Waals surface area contributed by atoms with Gasteiger partial charge >= 0.3 is 0 Å². The number of benzene rings is 1. The number of hydrogen-bond acceptors (Lipinski definition) is 8. The molecule has 2 fully saturated rings. The predicted octanol–water partition coefficient (Wildman–Crippen LogP) is 1.93. The summed E-state index contributed by atoms with van der Waals surface area (Å²) in [6, 6.07) is 8.63. The molecule has 10 heteroatoms. The number of nitrogens with two attached hydrogens (primary N) is 1.